The van der Waals surface area contributed by atoms with E-state index >= 15 is 0 Å². The summed E-state index contributed by atoms with van der Waals surface area (Å²) in [5.41, 5.74) is 0.904. The fourth-order valence-corrected chi connectivity index (χ4v) is 5.31. The number of benzene rings is 1. The van der Waals surface area contributed by atoms with E-state index in [9.17, 15) is 19.2 Å². The minimum absolute atomic E-state index is 0.0874. The van der Waals surface area contributed by atoms with Crippen LogP contribution in [0.1, 0.15) is 39.9 Å². The van der Waals surface area contributed by atoms with E-state index in [0.29, 0.717) is 40.0 Å². The summed E-state index contributed by atoms with van der Waals surface area (Å²) in [5, 5.41) is 17.2. The second-order valence-corrected chi connectivity index (χ2v) is 11.2. The van der Waals surface area contributed by atoms with Gasteiger partial charge in [-0.3, -0.25) is 19.2 Å². The molecule has 1 saturated carbocycles. The van der Waals surface area contributed by atoms with Crippen molar-refractivity contribution in [2.24, 2.45) is 5.92 Å². The molecule has 4 N–H and O–H groups in total. The molecule has 214 valence electrons. The molecule has 3 heterocycles. The molecule has 1 aromatic carbocycles. The highest BCUT2D eigenvalue weighted by molar-refractivity contribution is 7.17. The first-order valence-corrected chi connectivity index (χ1v) is 14.1. The number of ether oxygens (including phenoxy) is 1. The van der Waals surface area contributed by atoms with E-state index in [2.05, 4.69) is 36.4 Å². The number of rotatable bonds is 9. The largest absolute Gasteiger partial charge is 0.494 e. The lowest BCUT2D eigenvalue weighted by Crippen LogP contribution is -2.55. The molecule has 43 heavy (non-hydrogen) atoms. The van der Waals surface area contributed by atoms with Gasteiger partial charge in [-0.2, -0.15) is 0 Å². The fraction of sp³-hybridized carbons (Fsp3) is 0.346. The first-order valence-electron chi connectivity index (χ1n) is 13.3. The Hall–Kier alpha value is -4.40. The number of para-hydroxylation sites is 1. The molecule has 6 radical (unpaired) electrons. The van der Waals surface area contributed by atoms with E-state index in [1.807, 2.05) is 0 Å². The Labute approximate surface area is 255 Å². The number of hydrogen-bond donors (Lipinski definition) is 4. The zero-order valence-electron chi connectivity index (χ0n) is 23.3. The van der Waals surface area contributed by atoms with E-state index in [-0.39, 0.29) is 40.8 Å². The van der Waals surface area contributed by atoms with E-state index in [4.69, 9.17) is 28.3 Å². The Morgan fingerprint density at radius 2 is 1.93 bits per heavy atom. The third-order valence-corrected chi connectivity index (χ3v) is 7.75. The maximum absolute atomic E-state index is 13.2. The third kappa shape index (κ3) is 6.82. The van der Waals surface area contributed by atoms with Gasteiger partial charge in [0.1, 0.15) is 15.9 Å². The van der Waals surface area contributed by atoms with Crippen molar-refractivity contribution in [3.8, 4) is 16.3 Å². The van der Waals surface area contributed by atoms with Crippen LogP contribution in [0.2, 0.25) is 0 Å². The van der Waals surface area contributed by atoms with Crippen LogP contribution in [-0.4, -0.2) is 98.7 Å². The summed E-state index contributed by atoms with van der Waals surface area (Å²) in [6, 6.07) is 6.03. The molecule has 0 bridgehead atoms. The molecule has 1 aliphatic heterocycles. The van der Waals surface area contributed by atoms with Crippen molar-refractivity contribution in [1.82, 2.24) is 30.7 Å². The summed E-state index contributed by atoms with van der Waals surface area (Å²) in [6.45, 7) is 2.44. The molecule has 5 rings (SSSR count). The molecule has 1 unspecified atom stereocenters. The second-order valence-electron chi connectivity index (χ2n) is 10.1. The summed E-state index contributed by atoms with van der Waals surface area (Å²) in [6.07, 6.45) is 3.04. The Bertz CT molecular complexity index is 1590. The molecule has 1 aliphatic carbocycles. The molecule has 17 heteroatoms. The van der Waals surface area contributed by atoms with Gasteiger partial charge in [-0.05, 0) is 31.9 Å². The zero-order valence-corrected chi connectivity index (χ0v) is 24.2. The number of carbonyl (C=O) groups is 4. The van der Waals surface area contributed by atoms with Gasteiger partial charge < -0.3 is 30.9 Å². The average molecular weight is 594 g/mol. The third-order valence-electron chi connectivity index (χ3n) is 6.73. The maximum Gasteiger partial charge on any atom is 0.272 e. The van der Waals surface area contributed by atoms with Crippen molar-refractivity contribution in [3.05, 3.63) is 41.0 Å². The van der Waals surface area contributed by atoms with Crippen molar-refractivity contribution in [1.29, 1.82) is 0 Å². The molecule has 2 fully saturated rings. The number of nitrogens with zero attached hydrogens (tertiary/aromatic N) is 4. The Morgan fingerprint density at radius 1 is 1.16 bits per heavy atom. The monoisotopic (exact) mass is 594 g/mol. The van der Waals surface area contributed by atoms with Crippen LogP contribution in [0, 0.1) is 5.92 Å². The van der Waals surface area contributed by atoms with Crippen LogP contribution in [-0.2, 0) is 9.59 Å². The predicted molar refractivity (Wildman–Crippen MR) is 162 cm³/mol. The van der Waals surface area contributed by atoms with Crippen LogP contribution in [0.4, 0.5) is 17.2 Å². The first-order chi connectivity index (χ1) is 20.4. The Kier molecular flexibility index (Phi) is 8.44. The highest BCUT2D eigenvalue weighted by atomic mass is 32.1. The number of hydrogen-bond acceptors (Lipinski definition) is 10. The van der Waals surface area contributed by atoms with Crippen LogP contribution in [0.3, 0.4) is 0 Å². The fourth-order valence-electron chi connectivity index (χ4n) is 4.41. The zero-order chi connectivity index (χ0) is 30.9. The summed E-state index contributed by atoms with van der Waals surface area (Å²) in [7, 11) is 18.1. The minimum atomic E-state index is -2.03. The van der Waals surface area contributed by atoms with Gasteiger partial charge in [0.15, 0.2) is 17.3 Å². The number of anilines is 3. The summed E-state index contributed by atoms with van der Waals surface area (Å²) < 4.78 is 5.73. The predicted octanol–water partition coefficient (Wildman–Crippen LogP) is 0.508. The van der Waals surface area contributed by atoms with Crippen molar-refractivity contribution in [2.45, 2.75) is 31.0 Å². The smallest absolute Gasteiger partial charge is 0.272 e. The molecule has 1 atom stereocenters. The van der Waals surface area contributed by atoms with Gasteiger partial charge in [-0.15, -0.1) is 21.5 Å². The molecular formula is C26H25B3N8O5S. The van der Waals surface area contributed by atoms with E-state index in [0.717, 1.165) is 24.2 Å². The molecule has 3 aromatic rings. The lowest BCUT2D eigenvalue weighted by Gasteiger charge is -2.32. The van der Waals surface area contributed by atoms with Gasteiger partial charge in [0, 0.05) is 25.1 Å². The first kappa shape index (κ1) is 30.1. The molecule has 1 saturated heterocycles. The van der Waals surface area contributed by atoms with Gasteiger partial charge in [0.2, 0.25) is 11.8 Å². The van der Waals surface area contributed by atoms with E-state index in [1.165, 1.54) is 24.3 Å². The van der Waals surface area contributed by atoms with Crippen molar-refractivity contribution in [3.63, 3.8) is 0 Å². The lowest BCUT2D eigenvalue weighted by atomic mass is 9.49. The van der Waals surface area contributed by atoms with Crippen molar-refractivity contribution >= 4 is 75.7 Å². The SMILES string of the molecule is [B]C([B])([B])NC(=O)c1nnc(NC(=O)C2CC2)cc1Nc1cccc(-c2ncc(C(=O)N3CCNC(=O)C3C)s2)c1OC. The number of methoxy groups -OCH3 is 1. The van der Waals surface area contributed by atoms with Gasteiger partial charge >= 0.3 is 0 Å². The molecule has 2 aliphatic rings. The molecule has 13 nitrogen and oxygen atoms in total. The summed E-state index contributed by atoms with van der Waals surface area (Å²) in [5.74, 6) is -1.15. The summed E-state index contributed by atoms with van der Waals surface area (Å²) >= 11 is 1.15. The quantitative estimate of drug-likeness (QED) is 0.258. The van der Waals surface area contributed by atoms with Crippen LogP contribution >= 0.6 is 11.3 Å². The van der Waals surface area contributed by atoms with Gasteiger partial charge in [-0.1, -0.05) is 11.3 Å². The van der Waals surface area contributed by atoms with Crippen LogP contribution in [0.25, 0.3) is 10.6 Å². The average Bonchev–Trinajstić information content (AvgIpc) is 3.70. The van der Waals surface area contributed by atoms with Crippen LogP contribution < -0.4 is 26.0 Å². The summed E-state index contributed by atoms with van der Waals surface area (Å²) in [4.78, 5) is 56.8. The van der Waals surface area contributed by atoms with Gasteiger partial charge in [0.25, 0.3) is 11.8 Å². The molecule has 2 aromatic heterocycles. The Balaban J connectivity index is 1.46. The number of carbonyl (C=O) groups excluding carboxylic acids is 4. The van der Waals surface area contributed by atoms with Crippen molar-refractivity contribution in [2.75, 3.05) is 30.8 Å². The number of piperazine rings is 1. The normalized spacial score (nSPS) is 16.7. The lowest BCUT2D eigenvalue weighted by molar-refractivity contribution is -0.127. The minimum Gasteiger partial charge on any atom is -0.494 e. The highest BCUT2D eigenvalue weighted by Gasteiger charge is 2.32. The topological polar surface area (TPSA) is 168 Å². The van der Waals surface area contributed by atoms with Crippen LogP contribution in [0.15, 0.2) is 30.5 Å². The van der Waals surface area contributed by atoms with Crippen LogP contribution in [0.5, 0.6) is 5.75 Å². The maximum atomic E-state index is 13.2. The molecule has 0 spiro atoms. The highest BCUT2D eigenvalue weighted by Crippen LogP contribution is 2.40. The van der Waals surface area contributed by atoms with Gasteiger partial charge in [-0.25, -0.2) is 4.98 Å². The number of nitrogens with one attached hydrogen (secondary N) is 4. The Morgan fingerprint density at radius 3 is 2.63 bits per heavy atom. The number of aromatic nitrogens is 3. The van der Waals surface area contributed by atoms with E-state index < -0.39 is 17.2 Å². The number of amides is 4. The second kappa shape index (κ2) is 12.1. The molecular weight excluding hydrogens is 569 g/mol. The number of thiazole rings is 1. The van der Waals surface area contributed by atoms with Crippen molar-refractivity contribution < 1.29 is 23.9 Å². The molecule has 4 amide bonds. The van der Waals surface area contributed by atoms with Gasteiger partial charge in [0.05, 0.1) is 53.8 Å². The van der Waals surface area contributed by atoms with E-state index in [1.54, 1.807) is 25.1 Å². The standard InChI is InChI=1S/C26H25B3N8O5S/c1-12-21(38)30-8-9-37(12)25(41)17-11-31-24(43-17)14-4-3-5-15(20(14)42-2)32-16-10-18(33-22(39)13-6-7-13)35-36-19(16)23(40)34-26(27,28)29/h3-5,10-13H,6-9H2,1-2H3,(H,30,38)(H,34,40)(H2,32,33,35,39).